The zero-order valence-electron chi connectivity index (χ0n) is 21.2. The van der Waals surface area contributed by atoms with Gasteiger partial charge in [0.25, 0.3) is 0 Å². The maximum atomic E-state index is 6.26. The highest BCUT2D eigenvalue weighted by atomic mass is 32.1. The van der Waals surface area contributed by atoms with Gasteiger partial charge in [0.05, 0.1) is 28.0 Å². The van der Waals surface area contributed by atoms with Gasteiger partial charge in [0.1, 0.15) is 22.8 Å². The van der Waals surface area contributed by atoms with E-state index < -0.39 is 0 Å². The van der Waals surface area contributed by atoms with Crippen LogP contribution in [0.2, 0.25) is 0 Å². The number of hydrogen-bond acceptors (Lipinski definition) is 6. The van der Waals surface area contributed by atoms with Crippen LogP contribution in [0.15, 0.2) is 118 Å². The van der Waals surface area contributed by atoms with Gasteiger partial charge in [-0.2, -0.15) is 0 Å². The van der Waals surface area contributed by atoms with Crippen molar-refractivity contribution in [1.29, 1.82) is 0 Å². The number of nitrogens with one attached hydrogen (secondary N) is 1. The SMILES string of the molecule is C1=CC(N(c2cnc3c(c2)oc2ccccc23)c2cccc3c2sc2ccccc23)Nc2c1oc1ccccc21. The van der Waals surface area contributed by atoms with Crippen molar-refractivity contribution < 1.29 is 8.83 Å². The predicted octanol–water partition coefficient (Wildman–Crippen LogP) is 9.70. The van der Waals surface area contributed by atoms with E-state index in [-0.39, 0.29) is 6.17 Å². The predicted molar refractivity (Wildman–Crippen MR) is 166 cm³/mol. The average molecular weight is 536 g/mol. The molecular formula is C34H21N3O2S. The molecule has 1 atom stereocenters. The number of aromatic nitrogens is 1. The van der Waals surface area contributed by atoms with Crippen molar-refractivity contribution in [3.63, 3.8) is 0 Å². The number of rotatable bonds is 3. The maximum Gasteiger partial charge on any atom is 0.155 e. The molecule has 0 aliphatic carbocycles. The zero-order chi connectivity index (χ0) is 26.2. The number of nitrogens with zero attached hydrogens (tertiary/aromatic N) is 2. The summed E-state index contributed by atoms with van der Waals surface area (Å²) in [4.78, 5) is 7.23. The third-order valence-corrected chi connectivity index (χ3v) is 8.95. The van der Waals surface area contributed by atoms with Gasteiger partial charge in [-0.25, -0.2) is 4.98 Å². The molecular weight excluding hydrogens is 514 g/mol. The van der Waals surface area contributed by atoms with Crippen LogP contribution < -0.4 is 10.2 Å². The Hall–Kier alpha value is -5.07. The first-order valence-electron chi connectivity index (χ1n) is 13.2. The number of hydrogen-bond donors (Lipinski definition) is 1. The van der Waals surface area contributed by atoms with Gasteiger partial charge in [-0.05, 0) is 48.6 Å². The summed E-state index contributed by atoms with van der Waals surface area (Å²) in [7, 11) is 0. The molecule has 0 saturated carbocycles. The van der Waals surface area contributed by atoms with Crippen molar-refractivity contribution >= 4 is 87.7 Å². The van der Waals surface area contributed by atoms with E-state index in [9.17, 15) is 0 Å². The van der Waals surface area contributed by atoms with Crippen LogP contribution in [0.3, 0.4) is 0 Å². The second kappa shape index (κ2) is 8.21. The summed E-state index contributed by atoms with van der Waals surface area (Å²) >= 11 is 1.82. The van der Waals surface area contributed by atoms with Gasteiger partial charge in [0.15, 0.2) is 11.3 Å². The molecule has 0 saturated heterocycles. The molecule has 9 rings (SSSR count). The van der Waals surface area contributed by atoms with Gasteiger partial charge in [-0.1, -0.05) is 54.6 Å². The van der Waals surface area contributed by atoms with Crippen LogP contribution in [0, 0.1) is 0 Å². The first kappa shape index (κ1) is 21.8. The average Bonchev–Trinajstić information content (AvgIpc) is 3.68. The summed E-state index contributed by atoms with van der Waals surface area (Å²) in [6, 6.07) is 33.5. The minimum Gasteiger partial charge on any atom is -0.454 e. The van der Waals surface area contributed by atoms with E-state index in [2.05, 4.69) is 83.0 Å². The number of fused-ring (bicyclic) bond motifs is 9. The number of para-hydroxylation sites is 2. The van der Waals surface area contributed by atoms with E-state index in [1.807, 2.05) is 53.9 Å². The molecule has 0 radical (unpaired) electrons. The fraction of sp³-hybridized carbons (Fsp3) is 0.0294. The number of benzene rings is 4. The fourth-order valence-corrected chi connectivity index (χ4v) is 7.16. The van der Waals surface area contributed by atoms with Gasteiger partial charge in [-0.3, -0.25) is 0 Å². The molecule has 0 bridgehead atoms. The molecule has 0 amide bonds. The van der Waals surface area contributed by atoms with Crippen molar-refractivity contribution in [1.82, 2.24) is 4.98 Å². The Balaban J connectivity index is 1.28. The molecule has 6 heteroatoms. The molecule has 1 aliphatic rings. The molecule has 5 nitrogen and oxygen atoms in total. The first-order valence-corrected chi connectivity index (χ1v) is 14.1. The summed E-state index contributed by atoms with van der Waals surface area (Å²) in [6.07, 6.45) is 5.99. The molecule has 8 aromatic rings. The lowest BCUT2D eigenvalue weighted by Gasteiger charge is -2.34. The quantitative estimate of drug-likeness (QED) is 0.244. The minimum atomic E-state index is -0.187. The molecule has 190 valence electrons. The smallest absolute Gasteiger partial charge is 0.155 e. The Bertz CT molecular complexity index is 2290. The molecule has 1 aliphatic heterocycles. The molecule has 0 fully saturated rings. The van der Waals surface area contributed by atoms with Crippen LogP contribution >= 0.6 is 11.3 Å². The third kappa shape index (κ3) is 3.11. The van der Waals surface area contributed by atoms with E-state index >= 15 is 0 Å². The van der Waals surface area contributed by atoms with Crippen LogP contribution in [0.4, 0.5) is 17.1 Å². The Morgan fingerprint density at radius 2 is 1.48 bits per heavy atom. The molecule has 40 heavy (non-hydrogen) atoms. The van der Waals surface area contributed by atoms with Crippen molar-refractivity contribution in [2.75, 3.05) is 10.2 Å². The van der Waals surface area contributed by atoms with Crippen molar-refractivity contribution in [3.05, 3.63) is 115 Å². The van der Waals surface area contributed by atoms with Crippen molar-refractivity contribution in [2.24, 2.45) is 0 Å². The number of anilines is 3. The summed E-state index contributed by atoms with van der Waals surface area (Å²) in [6.45, 7) is 0. The second-order valence-corrected chi connectivity index (χ2v) is 11.1. The lowest BCUT2D eigenvalue weighted by atomic mass is 10.1. The standard InChI is InChI=1S/C34H21N3O2S/c1-4-13-26-23(9-1)32-29(39-26)18-20(19-35-32)37(25-12-7-11-22-21-8-3-6-15-30(21)40-34(22)25)31-17-16-28-33(36-31)24-10-2-5-14-27(24)38-28/h1-19,31,36H. The summed E-state index contributed by atoms with van der Waals surface area (Å²) < 4.78 is 14.9. The van der Waals surface area contributed by atoms with Gasteiger partial charge >= 0.3 is 0 Å². The summed E-state index contributed by atoms with van der Waals surface area (Å²) in [5.74, 6) is 0.836. The first-order chi connectivity index (χ1) is 19.8. The molecule has 5 heterocycles. The van der Waals surface area contributed by atoms with E-state index in [4.69, 9.17) is 13.8 Å². The van der Waals surface area contributed by atoms with Gasteiger partial charge < -0.3 is 19.1 Å². The fourth-order valence-electron chi connectivity index (χ4n) is 5.94. The zero-order valence-corrected chi connectivity index (χ0v) is 22.0. The summed E-state index contributed by atoms with van der Waals surface area (Å²) in [5.41, 5.74) is 6.38. The summed E-state index contributed by atoms with van der Waals surface area (Å²) in [5, 5.41) is 8.38. The topological polar surface area (TPSA) is 54.4 Å². The van der Waals surface area contributed by atoms with Crippen LogP contribution in [0.5, 0.6) is 0 Å². The monoisotopic (exact) mass is 535 g/mol. The third-order valence-electron chi connectivity index (χ3n) is 7.74. The molecule has 1 N–H and O–H groups in total. The van der Waals surface area contributed by atoms with Gasteiger partial charge in [-0.15, -0.1) is 11.3 Å². The Labute approximate surface area is 232 Å². The van der Waals surface area contributed by atoms with Crippen molar-refractivity contribution in [3.8, 4) is 0 Å². The largest absolute Gasteiger partial charge is 0.454 e. The highest BCUT2D eigenvalue weighted by molar-refractivity contribution is 7.26. The van der Waals surface area contributed by atoms with Crippen LogP contribution in [0.1, 0.15) is 5.76 Å². The Morgan fingerprint density at radius 3 is 2.38 bits per heavy atom. The van der Waals surface area contributed by atoms with E-state index in [0.717, 1.165) is 55.9 Å². The minimum absolute atomic E-state index is 0.187. The van der Waals surface area contributed by atoms with E-state index in [1.54, 1.807) is 0 Å². The molecule has 0 spiro atoms. The van der Waals surface area contributed by atoms with Crippen LogP contribution in [0.25, 0.3) is 59.3 Å². The highest BCUT2D eigenvalue weighted by Gasteiger charge is 2.28. The van der Waals surface area contributed by atoms with E-state index in [1.165, 1.54) is 20.2 Å². The number of pyridine rings is 1. The molecule has 1 unspecified atom stereocenters. The van der Waals surface area contributed by atoms with E-state index in [0.29, 0.717) is 0 Å². The van der Waals surface area contributed by atoms with Crippen LogP contribution in [-0.4, -0.2) is 11.1 Å². The van der Waals surface area contributed by atoms with Crippen molar-refractivity contribution in [2.45, 2.75) is 6.17 Å². The van der Waals surface area contributed by atoms with Gasteiger partial charge in [0.2, 0.25) is 0 Å². The van der Waals surface area contributed by atoms with Gasteiger partial charge in [0, 0.05) is 32.3 Å². The normalized spacial score (nSPS) is 14.8. The molecule has 4 aromatic heterocycles. The Morgan fingerprint density at radius 1 is 0.725 bits per heavy atom. The number of furan rings is 2. The lowest BCUT2D eigenvalue weighted by Crippen LogP contribution is -2.37. The number of thiophene rings is 1. The Kier molecular flexibility index (Phi) is 4.48. The maximum absolute atomic E-state index is 6.26. The second-order valence-electron chi connectivity index (χ2n) is 10.0. The molecule has 4 aromatic carbocycles. The highest BCUT2D eigenvalue weighted by Crippen LogP contribution is 2.44. The lowest BCUT2D eigenvalue weighted by molar-refractivity contribution is 0.602. The van der Waals surface area contributed by atoms with Crippen LogP contribution in [-0.2, 0) is 0 Å².